The summed E-state index contributed by atoms with van der Waals surface area (Å²) >= 11 is 0. The number of rotatable bonds is 6. The lowest BCUT2D eigenvalue weighted by molar-refractivity contribution is -0.131. The number of hydrogen-bond acceptors (Lipinski definition) is 5. The molecule has 0 radical (unpaired) electrons. The molecule has 2 amide bonds. The number of benzene rings is 2. The fraction of sp³-hybridized carbons (Fsp3) is 0.357. The SMILES string of the molecule is O=C(Nc1ccc(C2CCN(C(=O)Cc3ccccc3F)CC2)cc1)C1CCN(c2cccnn2)C1. The summed E-state index contributed by atoms with van der Waals surface area (Å²) in [4.78, 5) is 29.4. The van der Waals surface area contributed by atoms with Crippen molar-refractivity contribution in [3.05, 3.63) is 83.8 Å². The molecule has 2 aromatic carbocycles. The fourth-order valence-electron chi connectivity index (χ4n) is 5.11. The lowest BCUT2D eigenvalue weighted by Gasteiger charge is -2.32. The van der Waals surface area contributed by atoms with Crippen LogP contribution in [0.15, 0.2) is 66.9 Å². The highest BCUT2D eigenvalue weighted by atomic mass is 19.1. The normalized spacial score (nSPS) is 18.3. The first kappa shape index (κ1) is 23.9. The molecular weight excluding hydrogens is 457 g/mol. The van der Waals surface area contributed by atoms with Crippen molar-refractivity contribution in [2.75, 3.05) is 36.4 Å². The third kappa shape index (κ3) is 5.53. The van der Waals surface area contributed by atoms with E-state index >= 15 is 0 Å². The van der Waals surface area contributed by atoms with Crippen LogP contribution >= 0.6 is 0 Å². The maximum atomic E-state index is 13.9. The lowest BCUT2D eigenvalue weighted by atomic mass is 9.89. The van der Waals surface area contributed by atoms with E-state index in [1.54, 1.807) is 24.4 Å². The Balaban J connectivity index is 1.10. The summed E-state index contributed by atoms with van der Waals surface area (Å²) in [6.45, 7) is 2.76. The number of aromatic nitrogens is 2. The Morgan fingerprint density at radius 3 is 2.44 bits per heavy atom. The van der Waals surface area contributed by atoms with E-state index < -0.39 is 0 Å². The molecule has 3 heterocycles. The monoisotopic (exact) mass is 487 g/mol. The zero-order valence-electron chi connectivity index (χ0n) is 20.1. The molecule has 2 fully saturated rings. The molecule has 1 N–H and O–H groups in total. The van der Waals surface area contributed by atoms with E-state index in [0.717, 1.165) is 37.3 Å². The number of likely N-dealkylation sites (tertiary alicyclic amines) is 1. The van der Waals surface area contributed by atoms with Crippen molar-refractivity contribution < 1.29 is 14.0 Å². The second-order valence-electron chi connectivity index (χ2n) is 9.55. The minimum Gasteiger partial charge on any atom is -0.354 e. The highest BCUT2D eigenvalue weighted by Gasteiger charge is 2.29. The van der Waals surface area contributed by atoms with Gasteiger partial charge in [0.05, 0.1) is 12.3 Å². The second-order valence-corrected chi connectivity index (χ2v) is 9.55. The number of nitrogens with zero attached hydrogens (tertiary/aromatic N) is 4. The van der Waals surface area contributed by atoms with Gasteiger partial charge in [0.1, 0.15) is 5.82 Å². The van der Waals surface area contributed by atoms with E-state index in [4.69, 9.17) is 0 Å². The van der Waals surface area contributed by atoms with Gasteiger partial charge in [0.2, 0.25) is 11.8 Å². The van der Waals surface area contributed by atoms with E-state index in [-0.39, 0.29) is 30.0 Å². The Morgan fingerprint density at radius 1 is 0.944 bits per heavy atom. The van der Waals surface area contributed by atoms with Crippen LogP contribution in [0.2, 0.25) is 0 Å². The molecule has 2 aliphatic rings. The van der Waals surface area contributed by atoms with Crippen molar-refractivity contribution in [3.63, 3.8) is 0 Å². The molecular formula is C28H30FN5O2. The number of piperidine rings is 1. The van der Waals surface area contributed by atoms with Crippen LogP contribution in [0.3, 0.4) is 0 Å². The maximum absolute atomic E-state index is 13.9. The van der Waals surface area contributed by atoms with Crippen LogP contribution in [0.25, 0.3) is 0 Å². The molecule has 1 unspecified atom stereocenters. The van der Waals surface area contributed by atoms with Crippen molar-refractivity contribution in [2.45, 2.75) is 31.6 Å². The van der Waals surface area contributed by atoms with Gasteiger partial charge >= 0.3 is 0 Å². The standard InChI is InChI=1S/C28H30FN5O2/c29-25-5-2-1-4-22(25)18-27(35)33-15-11-21(12-16-33)20-7-9-24(10-8-20)31-28(36)23-13-17-34(19-23)26-6-3-14-30-32-26/h1-10,14,21,23H,11-13,15-19H2,(H,31,36). The Hall–Kier alpha value is -3.81. The smallest absolute Gasteiger partial charge is 0.229 e. The van der Waals surface area contributed by atoms with Crippen LogP contribution in [0.5, 0.6) is 0 Å². The molecule has 0 spiro atoms. The Morgan fingerprint density at radius 2 is 1.72 bits per heavy atom. The predicted octanol–water partition coefficient (Wildman–Crippen LogP) is 4.03. The van der Waals surface area contributed by atoms with E-state index in [1.807, 2.05) is 29.2 Å². The number of hydrogen-bond donors (Lipinski definition) is 1. The molecule has 0 aliphatic carbocycles. The zero-order valence-corrected chi connectivity index (χ0v) is 20.1. The van der Waals surface area contributed by atoms with Gasteiger partial charge in [-0.25, -0.2) is 4.39 Å². The molecule has 36 heavy (non-hydrogen) atoms. The van der Waals surface area contributed by atoms with Gasteiger partial charge in [-0.2, -0.15) is 5.10 Å². The van der Waals surface area contributed by atoms with Gasteiger partial charge in [0, 0.05) is 38.1 Å². The molecule has 0 saturated carbocycles. The van der Waals surface area contributed by atoms with Crippen LogP contribution in [0.1, 0.15) is 36.3 Å². The minimum atomic E-state index is -0.330. The van der Waals surface area contributed by atoms with Gasteiger partial charge in [-0.3, -0.25) is 9.59 Å². The third-order valence-electron chi connectivity index (χ3n) is 7.24. The van der Waals surface area contributed by atoms with Crippen molar-refractivity contribution in [1.82, 2.24) is 15.1 Å². The Kier molecular flexibility index (Phi) is 7.21. The molecule has 186 valence electrons. The summed E-state index contributed by atoms with van der Waals surface area (Å²) in [5.41, 5.74) is 2.45. The average molecular weight is 488 g/mol. The van der Waals surface area contributed by atoms with Gasteiger partial charge < -0.3 is 15.1 Å². The molecule has 2 saturated heterocycles. The Labute approximate surface area is 210 Å². The van der Waals surface area contributed by atoms with Gasteiger partial charge in [0.15, 0.2) is 5.82 Å². The quantitative estimate of drug-likeness (QED) is 0.568. The summed E-state index contributed by atoms with van der Waals surface area (Å²) in [6.07, 6.45) is 4.27. The molecule has 1 atom stereocenters. The van der Waals surface area contributed by atoms with Crippen LogP contribution < -0.4 is 10.2 Å². The molecule has 1 aromatic heterocycles. The second kappa shape index (κ2) is 10.8. The lowest BCUT2D eigenvalue weighted by Crippen LogP contribution is -2.38. The van der Waals surface area contributed by atoms with Crippen molar-refractivity contribution in [3.8, 4) is 0 Å². The number of nitrogens with one attached hydrogen (secondary N) is 1. The van der Waals surface area contributed by atoms with Crippen LogP contribution in [-0.2, 0) is 16.0 Å². The van der Waals surface area contributed by atoms with E-state index in [9.17, 15) is 14.0 Å². The van der Waals surface area contributed by atoms with Crippen LogP contribution in [0, 0.1) is 11.7 Å². The van der Waals surface area contributed by atoms with Gasteiger partial charge in [0.25, 0.3) is 0 Å². The molecule has 0 bridgehead atoms. The van der Waals surface area contributed by atoms with Crippen molar-refractivity contribution in [1.29, 1.82) is 0 Å². The average Bonchev–Trinajstić information content (AvgIpc) is 3.42. The number of carbonyl (C=O) groups is 2. The van der Waals surface area contributed by atoms with Crippen molar-refractivity contribution in [2.24, 2.45) is 5.92 Å². The van der Waals surface area contributed by atoms with Crippen LogP contribution in [0.4, 0.5) is 15.9 Å². The van der Waals surface area contributed by atoms with E-state index in [1.165, 1.54) is 11.6 Å². The van der Waals surface area contributed by atoms with E-state index in [0.29, 0.717) is 31.1 Å². The summed E-state index contributed by atoms with van der Waals surface area (Å²) in [6, 6.07) is 18.3. The molecule has 3 aromatic rings. The fourth-order valence-corrected chi connectivity index (χ4v) is 5.11. The van der Waals surface area contributed by atoms with Gasteiger partial charge in [-0.1, -0.05) is 30.3 Å². The van der Waals surface area contributed by atoms with Gasteiger partial charge in [-0.05, 0) is 66.6 Å². The number of anilines is 2. The molecule has 8 heteroatoms. The first-order valence-corrected chi connectivity index (χ1v) is 12.5. The van der Waals surface area contributed by atoms with Crippen LogP contribution in [-0.4, -0.2) is 53.1 Å². The topological polar surface area (TPSA) is 78.4 Å². The largest absolute Gasteiger partial charge is 0.354 e. The number of amides is 2. The summed E-state index contributed by atoms with van der Waals surface area (Å²) in [7, 11) is 0. The molecule has 7 nitrogen and oxygen atoms in total. The van der Waals surface area contributed by atoms with Crippen molar-refractivity contribution >= 4 is 23.3 Å². The summed E-state index contributed by atoms with van der Waals surface area (Å²) in [5, 5.41) is 11.1. The van der Waals surface area contributed by atoms with E-state index in [2.05, 4.69) is 32.5 Å². The van der Waals surface area contributed by atoms with Gasteiger partial charge in [-0.15, -0.1) is 5.10 Å². The third-order valence-corrected chi connectivity index (χ3v) is 7.24. The zero-order chi connectivity index (χ0) is 24.9. The summed E-state index contributed by atoms with van der Waals surface area (Å²) < 4.78 is 13.9. The maximum Gasteiger partial charge on any atom is 0.229 e. The Bertz CT molecular complexity index is 1200. The predicted molar refractivity (Wildman–Crippen MR) is 136 cm³/mol. The molecule has 5 rings (SSSR count). The highest BCUT2D eigenvalue weighted by molar-refractivity contribution is 5.93. The molecule has 2 aliphatic heterocycles. The first-order valence-electron chi connectivity index (χ1n) is 12.5. The first-order chi connectivity index (χ1) is 17.6. The highest BCUT2D eigenvalue weighted by Crippen LogP contribution is 2.30. The number of halogens is 1. The summed E-state index contributed by atoms with van der Waals surface area (Å²) in [5.74, 6) is 0.749. The number of carbonyl (C=O) groups excluding carboxylic acids is 2. The minimum absolute atomic E-state index is 0.0239.